The van der Waals surface area contributed by atoms with Crippen LogP contribution >= 0.6 is 0 Å². The van der Waals surface area contributed by atoms with Crippen molar-refractivity contribution in [2.45, 2.75) is 5.41 Å². The standard InChI is InChI=1S/C61H40N2/c1-4-17-41(18-5-1)42-31-35-47(36-32-42)63-57-30-15-12-25-51(57)53-27-16-26-48(60(53)63)43-33-37-52-54-40-45(34-38-58(54)62(59(52)39-43)46-21-8-3-9-22-46)61(44-19-6-2-7-20-44)55-28-13-10-23-49(55)50-24-11-14-29-56(50)61/h1-40H. The maximum Gasteiger partial charge on any atom is 0.0713 e. The van der Waals surface area contributed by atoms with Crippen molar-refractivity contribution in [3.8, 4) is 44.8 Å². The average molecular weight is 801 g/mol. The Bertz CT molecular complexity index is 3660. The highest BCUT2D eigenvalue weighted by Gasteiger charge is 2.46. The molecule has 0 aliphatic heterocycles. The van der Waals surface area contributed by atoms with Crippen molar-refractivity contribution in [3.63, 3.8) is 0 Å². The molecular formula is C61H40N2. The number of benzene rings is 10. The van der Waals surface area contributed by atoms with Crippen LogP contribution in [0.4, 0.5) is 0 Å². The second kappa shape index (κ2) is 13.9. The van der Waals surface area contributed by atoms with Crippen LogP contribution < -0.4 is 0 Å². The van der Waals surface area contributed by atoms with E-state index in [9.17, 15) is 0 Å². The van der Waals surface area contributed by atoms with E-state index in [0.717, 1.165) is 11.4 Å². The second-order valence-corrected chi connectivity index (χ2v) is 16.8. The molecule has 294 valence electrons. The number of rotatable bonds is 6. The third-order valence-electron chi connectivity index (χ3n) is 13.6. The van der Waals surface area contributed by atoms with E-state index in [1.165, 1.54) is 99.2 Å². The number of para-hydroxylation sites is 3. The van der Waals surface area contributed by atoms with Gasteiger partial charge in [-0.15, -0.1) is 0 Å². The SMILES string of the molecule is c1ccc(-c2ccc(-n3c4ccccc4c4cccc(-c5ccc6c7cc(C8(c9ccccc9)c9ccccc9-c9ccccc98)ccc7n(-c7ccccc7)c6c5)c43)cc2)cc1. The van der Waals surface area contributed by atoms with Crippen LogP contribution in [-0.2, 0) is 5.41 Å². The molecule has 1 aliphatic carbocycles. The summed E-state index contributed by atoms with van der Waals surface area (Å²) in [6.45, 7) is 0. The molecule has 1 aliphatic rings. The maximum absolute atomic E-state index is 2.49. The largest absolute Gasteiger partial charge is 0.309 e. The van der Waals surface area contributed by atoms with Gasteiger partial charge in [0.05, 0.1) is 27.5 Å². The summed E-state index contributed by atoms with van der Waals surface area (Å²) in [6, 6.07) is 89.6. The van der Waals surface area contributed by atoms with Gasteiger partial charge in [0.25, 0.3) is 0 Å². The molecule has 2 heterocycles. The van der Waals surface area contributed by atoms with E-state index in [1.807, 2.05) is 0 Å². The summed E-state index contributed by atoms with van der Waals surface area (Å²) in [5.74, 6) is 0. The lowest BCUT2D eigenvalue weighted by atomic mass is 9.67. The van der Waals surface area contributed by atoms with Crippen molar-refractivity contribution in [1.82, 2.24) is 9.13 Å². The second-order valence-electron chi connectivity index (χ2n) is 16.8. The molecule has 10 aromatic carbocycles. The Balaban J connectivity index is 1.06. The highest BCUT2D eigenvalue weighted by molar-refractivity contribution is 6.15. The van der Waals surface area contributed by atoms with E-state index in [4.69, 9.17) is 0 Å². The van der Waals surface area contributed by atoms with Gasteiger partial charge in [-0.3, -0.25) is 0 Å². The monoisotopic (exact) mass is 800 g/mol. The first-order chi connectivity index (χ1) is 31.3. The fraction of sp³-hybridized carbons (Fsp3) is 0.0164. The predicted molar refractivity (Wildman–Crippen MR) is 263 cm³/mol. The van der Waals surface area contributed by atoms with Crippen LogP contribution in [0.1, 0.15) is 22.3 Å². The van der Waals surface area contributed by atoms with E-state index in [1.54, 1.807) is 0 Å². The van der Waals surface area contributed by atoms with Crippen molar-refractivity contribution in [2.24, 2.45) is 0 Å². The van der Waals surface area contributed by atoms with Gasteiger partial charge in [0.2, 0.25) is 0 Å². The lowest BCUT2D eigenvalue weighted by Gasteiger charge is -2.34. The van der Waals surface area contributed by atoms with E-state index in [-0.39, 0.29) is 0 Å². The third kappa shape index (κ3) is 5.19. The number of nitrogens with zero attached hydrogens (tertiary/aromatic N) is 2. The highest BCUT2D eigenvalue weighted by Crippen LogP contribution is 2.56. The Labute approximate surface area is 366 Å². The Morgan fingerprint density at radius 3 is 1.56 bits per heavy atom. The Kier molecular flexibility index (Phi) is 7.85. The zero-order valence-corrected chi connectivity index (χ0v) is 34.5. The first-order valence-corrected chi connectivity index (χ1v) is 21.8. The zero-order valence-electron chi connectivity index (χ0n) is 34.5. The summed E-state index contributed by atoms with van der Waals surface area (Å²) in [6.07, 6.45) is 0. The molecule has 0 radical (unpaired) electrons. The fourth-order valence-electron chi connectivity index (χ4n) is 10.9. The van der Waals surface area contributed by atoms with Crippen molar-refractivity contribution in [1.29, 1.82) is 0 Å². The van der Waals surface area contributed by atoms with Crippen LogP contribution in [0, 0.1) is 0 Å². The molecule has 0 fully saturated rings. The third-order valence-corrected chi connectivity index (χ3v) is 13.6. The smallest absolute Gasteiger partial charge is 0.0713 e. The van der Waals surface area contributed by atoms with Gasteiger partial charge >= 0.3 is 0 Å². The van der Waals surface area contributed by atoms with Crippen molar-refractivity contribution >= 4 is 43.6 Å². The molecule has 0 spiro atoms. The summed E-state index contributed by atoms with van der Waals surface area (Å²) in [4.78, 5) is 0. The molecule has 0 N–H and O–H groups in total. The average Bonchev–Trinajstić information content (AvgIpc) is 3.99. The molecule has 2 nitrogen and oxygen atoms in total. The zero-order chi connectivity index (χ0) is 41.5. The highest BCUT2D eigenvalue weighted by atomic mass is 15.0. The van der Waals surface area contributed by atoms with Crippen LogP contribution in [0.2, 0.25) is 0 Å². The lowest BCUT2D eigenvalue weighted by Crippen LogP contribution is -2.28. The predicted octanol–water partition coefficient (Wildman–Crippen LogP) is 15.6. The minimum Gasteiger partial charge on any atom is -0.309 e. The molecule has 0 atom stereocenters. The number of aromatic nitrogens is 2. The van der Waals surface area contributed by atoms with Crippen molar-refractivity contribution < 1.29 is 0 Å². The van der Waals surface area contributed by atoms with Gasteiger partial charge in [0.15, 0.2) is 0 Å². The van der Waals surface area contributed by atoms with Crippen molar-refractivity contribution in [3.05, 3.63) is 265 Å². The molecule has 2 aromatic heterocycles. The fourth-order valence-corrected chi connectivity index (χ4v) is 10.9. The summed E-state index contributed by atoms with van der Waals surface area (Å²) >= 11 is 0. The minimum absolute atomic E-state index is 0.480. The summed E-state index contributed by atoms with van der Waals surface area (Å²) in [5.41, 5.74) is 19.2. The van der Waals surface area contributed by atoms with Crippen LogP contribution in [0.5, 0.6) is 0 Å². The van der Waals surface area contributed by atoms with Crippen LogP contribution in [-0.4, -0.2) is 9.13 Å². The molecule has 63 heavy (non-hydrogen) atoms. The molecule has 0 saturated heterocycles. The Morgan fingerprint density at radius 1 is 0.270 bits per heavy atom. The molecule has 2 heteroatoms. The summed E-state index contributed by atoms with van der Waals surface area (Å²) in [7, 11) is 0. The van der Waals surface area contributed by atoms with Crippen LogP contribution in [0.15, 0.2) is 243 Å². The van der Waals surface area contributed by atoms with Gasteiger partial charge in [-0.1, -0.05) is 194 Å². The molecule has 0 unspecified atom stereocenters. The van der Waals surface area contributed by atoms with Gasteiger partial charge < -0.3 is 9.13 Å². The number of hydrogen-bond acceptors (Lipinski definition) is 0. The van der Waals surface area contributed by atoms with E-state index >= 15 is 0 Å². The molecule has 0 bridgehead atoms. The van der Waals surface area contributed by atoms with E-state index < -0.39 is 5.41 Å². The van der Waals surface area contributed by atoms with Gasteiger partial charge in [0.1, 0.15) is 0 Å². The summed E-state index contributed by atoms with van der Waals surface area (Å²) in [5, 5.41) is 4.95. The van der Waals surface area contributed by atoms with E-state index in [2.05, 4.69) is 252 Å². The van der Waals surface area contributed by atoms with Gasteiger partial charge in [-0.05, 0) is 98.6 Å². The molecule has 0 saturated carbocycles. The first kappa shape index (κ1) is 35.5. The topological polar surface area (TPSA) is 9.86 Å². The van der Waals surface area contributed by atoms with Crippen molar-refractivity contribution in [2.75, 3.05) is 0 Å². The minimum atomic E-state index is -0.480. The Hall–Kier alpha value is -8.20. The van der Waals surface area contributed by atoms with Crippen LogP contribution in [0.3, 0.4) is 0 Å². The van der Waals surface area contributed by atoms with Gasteiger partial charge in [-0.2, -0.15) is 0 Å². The summed E-state index contributed by atoms with van der Waals surface area (Å²) < 4.78 is 4.92. The van der Waals surface area contributed by atoms with E-state index in [0.29, 0.717) is 0 Å². The number of hydrogen-bond donors (Lipinski definition) is 0. The van der Waals surface area contributed by atoms with Gasteiger partial charge in [0, 0.05) is 38.5 Å². The molecule has 0 amide bonds. The maximum atomic E-state index is 2.49. The molecule has 13 rings (SSSR count). The lowest BCUT2D eigenvalue weighted by molar-refractivity contribution is 0.770. The normalized spacial score (nSPS) is 12.9. The number of fused-ring (bicyclic) bond motifs is 9. The first-order valence-electron chi connectivity index (χ1n) is 21.8. The molecule has 12 aromatic rings. The van der Waals surface area contributed by atoms with Crippen LogP contribution in [0.25, 0.3) is 88.4 Å². The quantitative estimate of drug-likeness (QED) is 0.159. The van der Waals surface area contributed by atoms with Gasteiger partial charge in [-0.25, -0.2) is 0 Å². The Morgan fingerprint density at radius 2 is 0.810 bits per heavy atom. The molecular weight excluding hydrogens is 761 g/mol.